The van der Waals surface area contributed by atoms with Gasteiger partial charge in [0.05, 0.1) is 13.0 Å². The molecular weight excluding hydrogens is 232 g/mol. The number of carbonyl (C=O) groups excluding carboxylic acids is 1. The maximum absolute atomic E-state index is 13.2. The molecule has 7 heteroatoms. The second kappa shape index (κ2) is 5.78. The zero-order valence-corrected chi connectivity index (χ0v) is 8.78. The summed E-state index contributed by atoms with van der Waals surface area (Å²) in [6.45, 7) is -0.189. The average molecular weight is 243 g/mol. The van der Waals surface area contributed by atoms with Crippen LogP contribution in [0, 0.1) is 11.6 Å². The van der Waals surface area contributed by atoms with Crippen molar-refractivity contribution in [3.63, 3.8) is 0 Å². The molecule has 0 radical (unpaired) electrons. The lowest BCUT2D eigenvalue weighted by atomic mass is 10.1. The molecule has 0 fully saturated rings. The van der Waals surface area contributed by atoms with Gasteiger partial charge < -0.3 is 16.3 Å². The molecule has 1 aromatic rings. The number of nitrogens with zero attached hydrogens (tertiary/aromatic N) is 1. The van der Waals surface area contributed by atoms with Gasteiger partial charge in [0.1, 0.15) is 11.6 Å². The van der Waals surface area contributed by atoms with Crippen LogP contribution in [0.3, 0.4) is 0 Å². The van der Waals surface area contributed by atoms with Crippen LogP contribution in [-0.2, 0) is 11.2 Å². The third-order valence-electron chi connectivity index (χ3n) is 1.99. The monoisotopic (exact) mass is 243 g/mol. The summed E-state index contributed by atoms with van der Waals surface area (Å²) in [5.74, 6) is -2.40. The topological polar surface area (TPSA) is 87.7 Å². The Kier molecular flexibility index (Phi) is 4.38. The normalized spacial score (nSPS) is 11.3. The van der Waals surface area contributed by atoms with Crippen LogP contribution in [0.1, 0.15) is 5.56 Å². The van der Waals surface area contributed by atoms with E-state index in [2.05, 4.69) is 10.5 Å². The number of oxime groups is 1. The largest absolute Gasteiger partial charge is 0.409 e. The van der Waals surface area contributed by atoms with Gasteiger partial charge in [-0.25, -0.2) is 8.78 Å². The molecule has 0 aromatic heterocycles. The summed E-state index contributed by atoms with van der Waals surface area (Å²) in [5, 5.41) is 13.1. The lowest BCUT2D eigenvalue weighted by molar-refractivity contribution is -0.120. The van der Waals surface area contributed by atoms with Crippen LogP contribution in [0.25, 0.3) is 0 Å². The third-order valence-corrected chi connectivity index (χ3v) is 1.99. The van der Waals surface area contributed by atoms with Gasteiger partial charge >= 0.3 is 0 Å². The molecule has 0 unspecified atom stereocenters. The fraction of sp³-hybridized carbons (Fsp3) is 0.200. The molecular formula is C10H11F2N3O2. The minimum absolute atomic E-state index is 0.189. The summed E-state index contributed by atoms with van der Waals surface area (Å²) in [7, 11) is 0. The molecule has 0 saturated heterocycles. The van der Waals surface area contributed by atoms with E-state index >= 15 is 0 Å². The Hall–Kier alpha value is -2.18. The van der Waals surface area contributed by atoms with Gasteiger partial charge in [-0.2, -0.15) is 0 Å². The van der Waals surface area contributed by atoms with E-state index in [0.29, 0.717) is 0 Å². The first-order valence-corrected chi connectivity index (χ1v) is 4.70. The fourth-order valence-electron chi connectivity index (χ4n) is 1.15. The molecule has 0 heterocycles. The molecule has 5 nitrogen and oxygen atoms in total. The number of amidine groups is 1. The minimum Gasteiger partial charge on any atom is -0.409 e. The first-order valence-electron chi connectivity index (χ1n) is 4.70. The lowest BCUT2D eigenvalue weighted by Crippen LogP contribution is -2.34. The number of halogens is 2. The van der Waals surface area contributed by atoms with Gasteiger partial charge in [-0.1, -0.05) is 11.2 Å². The molecule has 1 rings (SSSR count). The van der Waals surface area contributed by atoms with Gasteiger partial charge in [0, 0.05) is 5.56 Å². The van der Waals surface area contributed by atoms with Gasteiger partial charge in [0.2, 0.25) is 5.91 Å². The van der Waals surface area contributed by atoms with Crippen LogP contribution in [0.4, 0.5) is 8.78 Å². The second-order valence-electron chi connectivity index (χ2n) is 3.25. The standard InChI is InChI=1S/C10H11F2N3O2/c11-7-2-1-3-8(12)6(7)4-10(16)14-5-9(13)15-17/h1-3,17H,4-5H2,(H2,13,15)(H,14,16). The molecule has 4 N–H and O–H groups in total. The van der Waals surface area contributed by atoms with E-state index in [9.17, 15) is 13.6 Å². The summed E-state index contributed by atoms with van der Waals surface area (Å²) in [6.07, 6.45) is -0.447. The number of rotatable bonds is 4. The Bertz CT molecular complexity index is 429. The van der Waals surface area contributed by atoms with E-state index in [1.165, 1.54) is 6.07 Å². The molecule has 17 heavy (non-hydrogen) atoms. The van der Waals surface area contributed by atoms with Gasteiger partial charge in [-0.15, -0.1) is 0 Å². The van der Waals surface area contributed by atoms with Crippen molar-refractivity contribution in [2.24, 2.45) is 10.9 Å². The first kappa shape index (κ1) is 12.9. The highest BCUT2D eigenvalue weighted by atomic mass is 19.1. The second-order valence-corrected chi connectivity index (χ2v) is 3.25. The summed E-state index contributed by atoms with van der Waals surface area (Å²) in [6, 6.07) is 3.34. The summed E-state index contributed by atoms with van der Waals surface area (Å²) in [4.78, 5) is 11.3. The number of amides is 1. The van der Waals surface area contributed by atoms with Crippen LogP contribution in [0.2, 0.25) is 0 Å². The molecule has 0 aliphatic heterocycles. The van der Waals surface area contributed by atoms with Crippen molar-refractivity contribution < 1.29 is 18.8 Å². The number of nitrogens with two attached hydrogens (primary N) is 1. The first-order chi connectivity index (χ1) is 8.04. The van der Waals surface area contributed by atoms with E-state index in [4.69, 9.17) is 10.9 Å². The Morgan fingerprint density at radius 1 is 1.41 bits per heavy atom. The minimum atomic E-state index is -0.788. The predicted octanol–water partition coefficient (Wildman–Crippen LogP) is 0.370. The number of nitrogens with one attached hydrogen (secondary N) is 1. The SMILES string of the molecule is NC(CNC(=O)Cc1c(F)cccc1F)=NO. The number of hydrogen-bond acceptors (Lipinski definition) is 3. The molecule has 0 saturated carbocycles. The van der Waals surface area contributed by atoms with E-state index in [1.54, 1.807) is 0 Å². The maximum Gasteiger partial charge on any atom is 0.225 e. The van der Waals surface area contributed by atoms with Gasteiger partial charge in [0.25, 0.3) is 0 Å². The van der Waals surface area contributed by atoms with Crippen molar-refractivity contribution in [3.05, 3.63) is 35.4 Å². The Morgan fingerprint density at radius 3 is 2.53 bits per heavy atom. The number of hydrogen-bond donors (Lipinski definition) is 3. The van der Waals surface area contributed by atoms with Gasteiger partial charge in [0.15, 0.2) is 5.84 Å². The van der Waals surface area contributed by atoms with E-state index < -0.39 is 24.0 Å². The van der Waals surface area contributed by atoms with E-state index in [0.717, 1.165) is 12.1 Å². The van der Waals surface area contributed by atoms with Crippen LogP contribution >= 0.6 is 0 Å². The van der Waals surface area contributed by atoms with Crippen LogP contribution in [0.5, 0.6) is 0 Å². The Labute approximate surface area is 95.9 Å². The van der Waals surface area contributed by atoms with E-state index in [-0.39, 0.29) is 17.9 Å². The number of carbonyl (C=O) groups is 1. The summed E-state index contributed by atoms with van der Waals surface area (Å²) < 4.78 is 26.3. The van der Waals surface area contributed by atoms with Gasteiger partial charge in [-0.05, 0) is 12.1 Å². The third kappa shape index (κ3) is 3.71. The average Bonchev–Trinajstić information content (AvgIpc) is 2.31. The van der Waals surface area contributed by atoms with Crippen molar-refractivity contribution >= 4 is 11.7 Å². The van der Waals surface area contributed by atoms with Crippen molar-refractivity contribution in [1.82, 2.24) is 5.32 Å². The Balaban J connectivity index is 2.62. The van der Waals surface area contributed by atoms with Crippen LogP contribution in [-0.4, -0.2) is 23.5 Å². The lowest BCUT2D eigenvalue weighted by Gasteiger charge is -2.05. The summed E-state index contributed by atoms with van der Waals surface area (Å²) >= 11 is 0. The molecule has 0 bridgehead atoms. The van der Waals surface area contributed by atoms with Crippen LogP contribution < -0.4 is 11.1 Å². The van der Waals surface area contributed by atoms with Gasteiger partial charge in [-0.3, -0.25) is 4.79 Å². The zero-order valence-electron chi connectivity index (χ0n) is 8.78. The van der Waals surface area contributed by atoms with Crippen LogP contribution in [0.15, 0.2) is 23.4 Å². The van der Waals surface area contributed by atoms with Crippen molar-refractivity contribution in [1.29, 1.82) is 0 Å². The van der Waals surface area contributed by atoms with E-state index in [1.807, 2.05) is 0 Å². The molecule has 92 valence electrons. The summed E-state index contributed by atoms with van der Waals surface area (Å²) in [5.41, 5.74) is 4.80. The molecule has 0 spiro atoms. The number of benzene rings is 1. The molecule has 0 atom stereocenters. The maximum atomic E-state index is 13.2. The molecule has 0 aliphatic carbocycles. The molecule has 0 aliphatic rings. The highest BCUT2D eigenvalue weighted by Gasteiger charge is 2.12. The van der Waals surface area contributed by atoms with Crippen molar-refractivity contribution in [3.8, 4) is 0 Å². The quantitative estimate of drug-likeness (QED) is 0.309. The van der Waals surface area contributed by atoms with Crippen molar-refractivity contribution in [2.75, 3.05) is 6.54 Å². The zero-order chi connectivity index (χ0) is 12.8. The smallest absolute Gasteiger partial charge is 0.225 e. The van der Waals surface area contributed by atoms with Crippen molar-refractivity contribution in [2.45, 2.75) is 6.42 Å². The molecule has 1 amide bonds. The Morgan fingerprint density at radius 2 is 2.00 bits per heavy atom. The molecule has 1 aromatic carbocycles. The highest BCUT2D eigenvalue weighted by Crippen LogP contribution is 2.12. The fourth-order valence-corrected chi connectivity index (χ4v) is 1.15. The predicted molar refractivity (Wildman–Crippen MR) is 56.5 cm³/mol. The highest BCUT2D eigenvalue weighted by molar-refractivity contribution is 5.87.